The van der Waals surface area contributed by atoms with Gasteiger partial charge in [0.15, 0.2) is 5.76 Å². The number of amides is 1. The van der Waals surface area contributed by atoms with Gasteiger partial charge in [0.05, 0.1) is 5.88 Å². The molecule has 1 heterocycles. The largest absolute Gasteiger partial charge is 0.456 e. The van der Waals surface area contributed by atoms with E-state index in [0.29, 0.717) is 17.6 Å². The molecular weight excluding hydrogens is 238 g/mol. The summed E-state index contributed by atoms with van der Waals surface area (Å²) in [5, 5.41) is 2.93. The molecule has 1 aromatic rings. The molecule has 0 radical (unpaired) electrons. The van der Waals surface area contributed by atoms with E-state index in [2.05, 4.69) is 5.32 Å². The number of aryl methyl sites for hydroxylation is 1. The number of carbonyl (C=O) groups excluding carboxylic acids is 1. The first-order valence-electron chi connectivity index (χ1n) is 6.14. The fraction of sp³-hybridized carbons (Fsp3) is 0.615. The lowest BCUT2D eigenvalue weighted by Gasteiger charge is -2.08. The first-order valence-corrected chi connectivity index (χ1v) is 6.67. The lowest BCUT2D eigenvalue weighted by atomic mass is 10.1. The van der Waals surface area contributed by atoms with Gasteiger partial charge in [-0.15, -0.1) is 11.6 Å². The van der Waals surface area contributed by atoms with E-state index in [4.69, 9.17) is 16.0 Å². The summed E-state index contributed by atoms with van der Waals surface area (Å²) in [4.78, 5) is 11.8. The monoisotopic (exact) mass is 255 g/mol. The van der Waals surface area contributed by atoms with Crippen LogP contribution < -0.4 is 5.32 Å². The third-order valence-electron chi connectivity index (χ3n) is 3.41. The molecule has 17 heavy (non-hydrogen) atoms. The van der Waals surface area contributed by atoms with Crippen LogP contribution in [0, 0.1) is 12.8 Å². The van der Waals surface area contributed by atoms with Gasteiger partial charge in [-0.1, -0.05) is 12.8 Å². The first-order chi connectivity index (χ1) is 8.20. The molecule has 0 unspecified atom stereocenters. The van der Waals surface area contributed by atoms with Gasteiger partial charge in [0.2, 0.25) is 0 Å². The maximum absolute atomic E-state index is 11.8. The Kier molecular flexibility index (Phi) is 4.11. The Labute approximate surface area is 107 Å². The van der Waals surface area contributed by atoms with E-state index in [9.17, 15) is 4.79 Å². The van der Waals surface area contributed by atoms with Crippen LogP contribution in [0.1, 0.15) is 47.6 Å². The molecular formula is C13H18ClNO2. The minimum atomic E-state index is -0.128. The van der Waals surface area contributed by atoms with Crippen molar-refractivity contribution in [2.24, 2.45) is 5.92 Å². The third-order valence-corrected chi connectivity index (χ3v) is 3.70. The van der Waals surface area contributed by atoms with Gasteiger partial charge in [-0.25, -0.2) is 0 Å². The van der Waals surface area contributed by atoms with Crippen molar-refractivity contribution in [1.82, 2.24) is 5.32 Å². The van der Waals surface area contributed by atoms with Gasteiger partial charge in [0.25, 0.3) is 5.91 Å². The molecule has 0 aliphatic heterocycles. The molecule has 0 atom stereocenters. The van der Waals surface area contributed by atoms with E-state index in [1.165, 1.54) is 25.7 Å². The first kappa shape index (κ1) is 12.5. The minimum absolute atomic E-state index is 0.128. The maximum Gasteiger partial charge on any atom is 0.287 e. The molecule has 0 saturated heterocycles. The van der Waals surface area contributed by atoms with Crippen LogP contribution in [0.5, 0.6) is 0 Å². The predicted molar refractivity (Wildman–Crippen MR) is 67.3 cm³/mol. The van der Waals surface area contributed by atoms with Crippen LogP contribution in [0.15, 0.2) is 10.5 Å². The zero-order valence-electron chi connectivity index (χ0n) is 10.1. The van der Waals surface area contributed by atoms with Gasteiger partial charge < -0.3 is 9.73 Å². The number of nitrogens with one attached hydrogen (secondary N) is 1. The number of furan rings is 1. The Morgan fingerprint density at radius 3 is 2.82 bits per heavy atom. The Morgan fingerprint density at radius 1 is 1.53 bits per heavy atom. The van der Waals surface area contributed by atoms with E-state index >= 15 is 0 Å². The van der Waals surface area contributed by atoms with Gasteiger partial charge in [-0.3, -0.25) is 4.79 Å². The van der Waals surface area contributed by atoms with Gasteiger partial charge in [-0.05, 0) is 31.7 Å². The van der Waals surface area contributed by atoms with Crippen LogP contribution in [-0.2, 0) is 5.88 Å². The van der Waals surface area contributed by atoms with E-state index in [1.54, 1.807) is 6.07 Å². The number of carbonyl (C=O) groups is 1. The average molecular weight is 256 g/mol. The van der Waals surface area contributed by atoms with Gasteiger partial charge in [0, 0.05) is 12.1 Å². The summed E-state index contributed by atoms with van der Waals surface area (Å²) in [7, 11) is 0. The van der Waals surface area contributed by atoms with Crippen LogP contribution in [-0.4, -0.2) is 12.5 Å². The Bertz CT molecular complexity index is 394. The van der Waals surface area contributed by atoms with Crippen molar-refractivity contribution in [3.05, 3.63) is 23.2 Å². The van der Waals surface area contributed by atoms with Crippen LogP contribution in [0.25, 0.3) is 0 Å². The van der Waals surface area contributed by atoms with Gasteiger partial charge in [0.1, 0.15) is 5.76 Å². The number of rotatable bonds is 4. The molecule has 3 nitrogen and oxygen atoms in total. The quantitative estimate of drug-likeness (QED) is 0.840. The van der Waals surface area contributed by atoms with E-state index in [-0.39, 0.29) is 5.91 Å². The van der Waals surface area contributed by atoms with Crippen LogP contribution in [0.4, 0.5) is 0 Å². The topological polar surface area (TPSA) is 42.2 Å². The summed E-state index contributed by atoms with van der Waals surface area (Å²) in [5.41, 5.74) is 0.887. The number of hydrogen-bond acceptors (Lipinski definition) is 2. The normalized spacial score (nSPS) is 16.4. The molecule has 0 aromatic carbocycles. The van der Waals surface area contributed by atoms with E-state index in [1.807, 2.05) is 6.92 Å². The fourth-order valence-corrected chi connectivity index (χ4v) is 2.57. The second kappa shape index (κ2) is 5.58. The SMILES string of the molecule is Cc1oc(C(=O)NCC2CCCC2)cc1CCl. The Hall–Kier alpha value is -0.960. The summed E-state index contributed by atoms with van der Waals surface area (Å²) < 4.78 is 5.39. The van der Waals surface area contributed by atoms with Crippen LogP contribution in [0.3, 0.4) is 0 Å². The fourth-order valence-electron chi connectivity index (χ4n) is 2.30. The summed E-state index contributed by atoms with van der Waals surface area (Å²) >= 11 is 5.74. The molecule has 1 amide bonds. The zero-order valence-corrected chi connectivity index (χ0v) is 10.8. The van der Waals surface area contributed by atoms with Crippen molar-refractivity contribution in [1.29, 1.82) is 0 Å². The summed E-state index contributed by atoms with van der Waals surface area (Å²) in [5.74, 6) is 1.99. The molecule has 1 aliphatic carbocycles. The summed E-state index contributed by atoms with van der Waals surface area (Å²) in [6.45, 7) is 2.58. The summed E-state index contributed by atoms with van der Waals surface area (Å²) in [6.07, 6.45) is 5.03. The molecule has 1 aromatic heterocycles. The second-order valence-corrected chi connectivity index (χ2v) is 4.95. The smallest absolute Gasteiger partial charge is 0.287 e. The predicted octanol–water partition coefficient (Wildman–Crippen LogP) is 3.25. The Morgan fingerprint density at radius 2 is 2.24 bits per heavy atom. The molecule has 0 bridgehead atoms. The highest BCUT2D eigenvalue weighted by Crippen LogP contribution is 2.24. The highest BCUT2D eigenvalue weighted by molar-refractivity contribution is 6.17. The molecule has 1 saturated carbocycles. The number of halogens is 1. The number of hydrogen-bond donors (Lipinski definition) is 1. The molecule has 4 heteroatoms. The van der Waals surface area contributed by atoms with Crippen molar-refractivity contribution in [2.45, 2.75) is 38.5 Å². The lowest BCUT2D eigenvalue weighted by molar-refractivity contribution is 0.0918. The van der Waals surface area contributed by atoms with Crippen molar-refractivity contribution >= 4 is 17.5 Å². The van der Waals surface area contributed by atoms with E-state index in [0.717, 1.165) is 17.9 Å². The molecule has 1 fully saturated rings. The maximum atomic E-state index is 11.8. The van der Waals surface area contributed by atoms with Crippen LogP contribution >= 0.6 is 11.6 Å². The minimum Gasteiger partial charge on any atom is -0.456 e. The second-order valence-electron chi connectivity index (χ2n) is 4.69. The third kappa shape index (κ3) is 3.03. The average Bonchev–Trinajstić information content (AvgIpc) is 2.94. The van der Waals surface area contributed by atoms with Crippen molar-refractivity contribution in [3.63, 3.8) is 0 Å². The standard InChI is InChI=1S/C13H18ClNO2/c1-9-11(7-14)6-12(17-9)13(16)15-8-10-4-2-3-5-10/h6,10H,2-5,7-8H2,1H3,(H,15,16). The zero-order chi connectivity index (χ0) is 12.3. The van der Waals surface area contributed by atoms with Crippen LogP contribution in [0.2, 0.25) is 0 Å². The molecule has 1 N–H and O–H groups in total. The molecule has 0 spiro atoms. The molecule has 94 valence electrons. The lowest BCUT2D eigenvalue weighted by Crippen LogP contribution is -2.27. The summed E-state index contributed by atoms with van der Waals surface area (Å²) in [6, 6.07) is 1.73. The molecule has 1 aliphatic rings. The van der Waals surface area contributed by atoms with Crippen molar-refractivity contribution < 1.29 is 9.21 Å². The Balaban J connectivity index is 1.89. The van der Waals surface area contributed by atoms with E-state index < -0.39 is 0 Å². The highest BCUT2D eigenvalue weighted by Gasteiger charge is 2.18. The van der Waals surface area contributed by atoms with Gasteiger partial charge >= 0.3 is 0 Å². The number of alkyl halides is 1. The van der Waals surface area contributed by atoms with Crippen molar-refractivity contribution in [3.8, 4) is 0 Å². The van der Waals surface area contributed by atoms with Crippen molar-refractivity contribution in [2.75, 3.05) is 6.54 Å². The van der Waals surface area contributed by atoms with Gasteiger partial charge in [-0.2, -0.15) is 0 Å². The molecule has 2 rings (SSSR count). The highest BCUT2D eigenvalue weighted by atomic mass is 35.5.